The SMILES string of the molecule is CC(c1c[nH]c(=O)c2c(F)c(F)ccc12)N(C)C(=O)Nc1ccncc1. The van der Waals surface area contributed by atoms with E-state index >= 15 is 0 Å². The van der Waals surface area contributed by atoms with E-state index in [0.29, 0.717) is 11.3 Å². The van der Waals surface area contributed by atoms with Crippen LogP contribution in [0.15, 0.2) is 47.7 Å². The van der Waals surface area contributed by atoms with E-state index in [1.807, 2.05) is 0 Å². The van der Waals surface area contributed by atoms with Crippen LogP contribution in [0.4, 0.5) is 19.3 Å². The number of hydrogen-bond acceptors (Lipinski definition) is 3. The van der Waals surface area contributed by atoms with Gasteiger partial charge in [0.15, 0.2) is 11.6 Å². The number of carbonyl (C=O) groups is 1. The predicted octanol–water partition coefficient (Wildman–Crippen LogP) is 3.43. The normalized spacial score (nSPS) is 12.0. The molecule has 0 aliphatic heterocycles. The highest BCUT2D eigenvalue weighted by Gasteiger charge is 2.22. The van der Waals surface area contributed by atoms with E-state index in [0.717, 1.165) is 6.07 Å². The number of pyridine rings is 2. The summed E-state index contributed by atoms with van der Waals surface area (Å²) in [4.78, 5) is 32.0. The number of rotatable bonds is 3. The van der Waals surface area contributed by atoms with Gasteiger partial charge in [-0.05, 0) is 36.1 Å². The number of urea groups is 1. The number of nitrogens with one attached hydrogen (secondary N) is 2. The number of H-pyrrole nitrogens is 1. The number of nitrogens with zero attached hydrogens (tertiary/aromatic N) is 2. The van der Waals surface area contributed by atoms with E-state index in [2.05, 4.69) is 15.3 Å². The van der Waals surface area contributed by atoms with Gasteiger partial charge in [0.1, 0.15) is 0 Å². The molecule has 3 aromatic rings. The van der Waals surface area contributed by atoms with Gasteiger partial charge in [-0.2, -0.15) is 0 Å². The van der Waals surface area contributed by atoms with Gasteiger partial charge in [0, 0.05) is 31.3 Å². The summed E-state index contributed by atoms with van der Waals surface area (Å²) in [5, 5.41) is 2.60. The van der Waals surface area contributed by atoms with Crippen molar-refractivity contribution >= 4 is 22.5 Å². The summed E-state index contributed by atoms with van der Waals surface area (Å²) < 4.78 is 27.5. The third-order valence-corrected chi connectivity index (χ3v) is 4.27. The molecule has 0 spiro atoms. The quantitative estimate of drug-likeness (QED) is 0.753. The van der Waals surface area contributed by atoms with Crippen molar-refractivity contribution in [2.45, 2.75) is 13.0 Å². The maximum atomic E-state index is 14.1. The van der Waals surface area contributed by atoms with E-state index in [9.17, 15) is 18.4 Å². The first-order valence-corrected chi connectivity index (χ1v) is 7.83. The van der Waals surface area contributed by atoms with Gasteiger partial charge >= 0.3 is 6.03 Å². The van der Waals surface area contributed by atoms with E-state index in [4.69, 9.17) is 0 Å². The number of halogens is 2. The number of hydrogen-bond donors (Lipinski definition) is 2. The first-order chi connectivity index (χ1) is 12.4. The Morgan fingerprint density at radius 2 is 1.92 bits per heavy atom. The van der Waals surface area contributed by atoms with Crippen molar-refractivity contribution in [1.29, 1.82) is 0 Å². The average Bonchev–Trinajstić information content (AvgIpc) is 2.64. The number of fused-ring (bicyclic) bond motifs is 1. The lowest BCUT2D eigenvalue weighted by Gasteiger charge is -2.26. The fourth-order valence-corrected chi connectivity index (χ4v) is 2.68. The smallest absolute Gasteiger partial charge is 0.322 e. The molecule has 2 aromatic heterocycles. The van der Waals surface area contributed by atoms with Gasteiger partial charge in [-0.15, -0.1) is 0 Å². The van der Waals surface area contributed by atoms with Crippen LogP contribution in [0.25, 0.3) is 10.8 Å². The molecule has 0 saturated heterocycles. The molecule has 8 heteroatoms. The standard InChI is InChI=1S/C18H16F2N4O2/c1-10(24(2)18(26)23-11-5-7-21-8-6-11)13-9-22-17(25)15-12(13)3-4-14(19)16(15)20/h3-10H,1-2H3,(H,22,25)(H,21,23,26). The highest BCUT2D eigenvalue weighted by atomic mass is 19.2. The molecular formula is C18H16F2N4O2. The van der Waals surface area contributed by atoms with Gasteiger partial charge in [0.05, 0.1) is 11.4 Å². The number of aromatic amines is 1. The Morgan fingerprint density at radius 3 is 2.62 bits per heavy atom. The Balaban J connectivity index is 1.96. The summed E-state index contributed by atoms with van der Waals surface area (Å²) in [5.41, 5.74) is 0.339. The molecule has 0 saturated carbocycles. The zero-order valence-electron chi connectivity index (χ0n) is 14.1. The molecule has 3 rings (SSSR count). The molecule has 26 heavy (non-hydrogen) atoms. The van der Waals surface area contributed by atoms with Crippen LogP contribution in [0, 0.1) is 11.6 Å². The van der Waals surface area contributed by atoms with Gasteiger partial charge < -0.3 is 15.2 Å². The van der Waals surface area contributed by atoms with Crippen LogP contribution in [0.1, 0.15) is 18.5 Å². The zero-order chi connectivity index (χ0) is 18.8. The first-order valence-electron chi connectivity index (χ1n) is 7.83. The highest BCUT2D eigenvalue weighted by Crippen LogP contribution is 2.27. The topological polar surface area (TPSA) is 78.1 Å². The van der Waals surface area contributed by atoms with Crippen molar-refractivity contribution in [2.24, 2.45) is 0 Å². The van der Waals surface area contributed by atoms with Crippen molar-refractivity contribution in [2.75, 3.05) is 12.4 Å². The molecule has 134 valence electrons. The number of anilines is 1. The summed E-state index contributed by atoms with van der Waals surface area (Å²) in [7, 11) is 1.57. The monoisotopic (exact) mass is 358 g/mol. The lowest BCUT2D eigenvalue weighted by Crippen LogP contribution is -2.34. The number of benzene rings is 1. The fraction of sp³-hybridized carbons (Fsp3) is 0.167. The van der Waals surface area contributed by atoms with Crippen molar-refractivity contribution in [3.8, 4) is 0 Å². The summed E-state index contributed by atoms with van der Waals surface area (Å²) in [6.45, 7) is 1.72. The van der Waals surface area contributed by atoms with Crippen LogP contribution in [0.2, 0.25) is 0 Å². The van der Waals surface area contributed by atoms with E-state index < -0.39 is 29.3 Å². The molecular weight excluding hydrogens is 342 g/mol. The molecule has 6 nitrogen and oxygen atoms in total. The van der Waals surface area contributed by atoms with Gasteiger partial charge in [-0.3, -0.25) is 9.78 Å². The van der Waals surface area contributed by atoms with Crippen LogP contribution in [-0.2, 0) is 0 Å². The van der Waals surface area contributed by atoms with Gasteiger partial charge in [-0.25, -0.2) is 13.6 Å². The number of aromatic nitrogens is 2. The third kappa shape index (κ3) is 3.13. The van der Waals surface area contributed by atoms with Crippen molar-refractivity contribution in [1.82, 2.24) is 14.9 Å². The Kier molecular flexibility index (Phi) is 4.66. The Bertz CT molecular complexity index is 1020. The Labute approximate surface area is 147 Å². The molecule has 1 unspecified atom stereocenters. The van der Waals surface area contributed by atoms with Crippen LogP contribution in [0.3, 0.4) is 0 Å². The van der Waals surface area contributed by atoms with Crippen molar-refractivity contribution in [3.05, 3.63) is 70.4 Å². The number of carbonyl (C=O) groups excluding carboxylic acids is 1. The molecule has 2 N–H and O–H groups in total. The van der Waals surface area contributed by atoms with Gasteiger partial charge in [0.2, 0.25) is 0 Å². The second-order valence-corrected chi connectivity index (χ2v) is 5.81. The average molecular weight is 358 g/mol. The third-order valence-electron chi connectivity index (χ3n) is 4.27. The molecule has 1 aromatic carbocycles. The van der Waals surface area contributed by atoms with Crippen LogP contribution < -0.4 is 10.9 Å². The maximum absolute atomic E-state index is 14.1. The lowest BCUT2D eigenvalue weighted by atomic mass is 10.0. The Hall–Kier alpha value is -3.29. The summed E-state index contributed by atoms with van der Waals surface area (Å²) in [6.07, 6.45) is 4.50. The van der Waals surface area contributed by atoms with Crippen molar-refractivity contribution in [3.63, 3.8) is 0 Å². The van der Waals surface area contributed by atoms with E-state index in [-0.39, 0.29) is 10.8 Å². The second kappa shape index (κ2) is 6.91. The van der Waals surface area contributed by atoms with Crippen molar-refractivity contribution < 1.29 is 13.6 Å². The maximum Gasteiger partial charge on any atom is 0.322 e. The molecule has 2 amide bonds. The van der Waals surface area contributed by atoms with E-state index in [1.165, 1.54) is 17.2 Å². The molecule has 2 heterocycles. The van der Waals surface area contributed by atoms with Crippen LogP contribution >= 0.6 is 0 Å². The molecule has 1 atom stereocenters. The summed E-state index contributed by atoms with van der Waals surface area (Å²) in [5.74, 6) is -2.31. The zero-order valence-corrected chi connectivity index (χ0v) is 14.1. The minimum absolute atomic E-state index is 0.253. The first kappa shape index (κ1) is 17.5. The molecule has 0 radical (unpaired) electrons. The molecule has 0 fully saturated rings. The van der Waals surface area contributed by atoms with Gasteiger partial charge in [-0.1, -0.05) is 6.07 Å². The van der Waals surface area contributed by atoms with E-state index in [1.54, 1.807) is 38.5 Å². The summed E-state index contributed by atoms with van der Waals surface area (Å²) >= 11 is 0. The largest absolute Gasteiger partial charge is 0.328 e. The fourth-order valence-electron chi connectivity index (χ4n) is 2.68. The molecule has 0 aliphatic carbocycles. The predicted molar refractivity (Wildman–Crippen MR) is 93.9 cm³/mol. The second-order valence-electron chi connectivity index (χ2n) is 5.81. The van der Waals surface area contributed by atoms with Crippen LogP contribution in [0.5, 0.6) is 0 Å². The molecule has 0 aliphatic rings. The minimum atomic E-state index is -1.21. The lowest BCUT2D eigenvalue weighted by molar-refractivity contribution is 0.208. The Morgan fingerprint density at radius 1 is 1.23 bits per heavy atom. The van der Waals surface area contributed by atoms with Crippen LogP contribution in [-0.4, -0.2) is 27.9 Å². The highest BCUT2D eigenvalue weighted by molar-refractivity contribution is 5.90. The summed E-state index contributed by atoms with van der Waals surface area (Å²) in [6, 6.07) is 4.67. The number of amides is 2. The molecule has 0 bridgehead atoms. The minimum Gasteiger partial charge on any atom is -0.328 e. The van der Waals surface area contributed by atoms with Gasteiger partial charge in [0.25, 0.3) is 5.56 Å².